The molecule has 1 aromatic rings. The summed E-state index contributed by atoms with van der Waals surface area (Å²) < 4.78 is 25.5. The third kappa shape index (κ3) is 2.58. The van der Waals surface area contributed by atoms with Crippen molar-refractivity contribution in [1.82, 2.24) is 4.72 Å². The summed E-state index contributed by atoms with van der Waals surface area (Å²) in [6.07, 6.45) is 1.53. The molecular weight excluding hydrogens is 264 g/mol. The largest absolute Gasteiger partial charge is 0.384 e. The van der Waals surface area contributed by atoms with E-state index in [1.165, 1.54) is 0 Å². The van der Waals surface area contributed by atoms with Crippen LogP contribution in [0.15, 0.2) is 24.3 Å². The van der Waals surface area contributed by atoms with Crippen LogP contribution in [-0.2, 0) is 14.8 Å². The lowest BCUT2D eigenvalue weighted by atomic mass is 9.98. The topological polar surface area (TPSA) is 75.3 Å². The van der Waals surface area contributed by atoms with Crippen LogP contribution in [-0.4, -0.2) is 26.1 Å². The molecule has 5 nitrogen and oxygen atoms in total. The van der Waals surface area contributed by atoms with Crippen LogP contribution in [0, 0.1) is 0 Å². The lowest BCUT2D eigenvalue weighted by molar-refractivity contribution is -0.119. The number of hydrogen-bond acceptors (Lipinski definition) is 4. The van der Waals surface area contributed by atoms with E-state index < -0.39 is 15.9 Å². The Morgan fingerprint density at radius 2 is 2.05 bits per heavy atom. The Kier molecular flexibility index (Phi) is 2.97. The van der Waals surface area contributed by atoms with E-state index in [4.69, 9.17) is 0 Å². The fourth-order valence-corrected chi connectivity index (χ4v) is 3.75. The molecule has 2 N–H and O–H groups in total. The molecule has 1 heterocycles. The fraction of sp³-hybridized carbons (Fsp3) is 0.462. The zero-order valence-corrected chi connectivity index (χ0v) is 11.2. The molecule has 1 aliphatic heterocycles. The number of nitrogens with one attached hydrogen (secondary N) is 2. The van der Waals surface area contributed by atoms with Crippen molar-refractivity contribution in [1.29, 1.82) is 0 Å². The van der Waals surface area contributed by atoms with Crippen molar-refractivity contribution in [2.45, 2.75) is 30.4 Å². The van der Waals surface area contributed by atoms with Gasteiger partial charge >= 0.3 is 0 Å². The summed E-state index contributed by atoms with van der Waals surface area (Å²) >= 11 is 0. The van der Waals surface area contributed by atoms with E-state index in [1.807, 2.05) is 24.3 Å². The van der Waals surface area contributed by atoms with E-state index in [-0.39, 0.29) is 17.6 Å². The van der Waals surface area contributed by atoms with E-state index in [9.17, 15) is 13.2 Å². The van der Waals surface area contributed by atoms with Gasteiger partial charge in [0.15, 0.2) is 0 Å². The van der Waals surface area contributed by atoms with Gasteiger partial charge in [-0.05, 0) is 24.5 Å². The molecule has 1 fully saturated rings. The summed E-state index contributed by atoms with van der Waals surface area (Å²) in [6.45, 7) is 0.677. The van der Waals surface area contributed by atoms with Crippen LogP contribution < -0.4 is 10.0 Å². The van der Waals surface area contributed by atoms with Crippen LogP contribution in [0.1, 0.15) is 30.7 Å². The second kappa shape index (κ2) is 4.52. The van der Waals surface area contributed by atoms with Crippen LogP contribution in [0.25, 0.3) is 0 Å². The lowest BCUT2D eigenvalue weighted by Crippen LogP contribution is -2.34. The summed E-state index contributed by atoms with van der Waals surface area (Å²) in [4.78, 5) is 11.8. The SMILES string of the molecule is O=C(CC1CNc2ccccc21)NS(=O)(=O)C1CC1. The van der Waals surface area contributed by atoms with Crippen LogP contribution >= 0.6 is 0 Å². The Morgan fingerprint density at radius 3 is 2.79 bits per heavy atom. The van der Waals surface area contributed by atoms with Crippen LogP contribution in [0.5, 0.6) is 0 Å². The summed E-state index contributed by atoms with van der Waals surface area (Å²) in [5, 5.41) is 2.87. The summed E-state index contributed by atoms with van der Waals surface area (Å²) in [7, 11) is -3.43. The monoisotopic (exact) mass is 280 g/mol. The number of carbonyl (C=O) groups excluding carboxylic acids is 1. The van der Waals surface area contributed by atoms with Gasteiger partial charge in [-0.1, -0.05) is 18.2 Å². The maximum atomic E-state index is 11.8. The third-order valence-electron chi connectivity index (χ3n) is 3.59. The maximum absolute atomic E-state index is 11.8. The first-order valence-electron chi connectivity index (χ1n) is 6.43. The molecule has 0 radical (unpaired) electrons. The van der Waals surface area contributed by atoms with E-state index in [0.29, 0.717) is 19.4 Å². The number of carbonyl (C=O) groups is 1. The Labute approximate surface area is 112 Å². The number of amides is 1. The van der Waals surface area contributed by atoms with Gasteiger partial charge in [-0.2, -0.15) is 0 Å². The highest BCUT2D eigenvalue weighted by Crippen LogP contribution is 2.33. The number of anilines is 1. The van der Waals surface area contributed by atoms with Gasteiger partial charge in [-0.25, -0.2) is 8.42 Å². The molecular formula is C13H16N2O3S. The molecule has 0 spiro atoms. The van der Waals surface area contributed by atoms with Gasteiger partial charge in [0, 0.05) is 24.6 Å². The zero-order valence-electron chi connectivity index (χ0n) is 10.4. The second-order valence-corrected chi connectivity index (χ2v) is 7.10. The molecule has 0 saturated heterocycles. The normalized spacial score (nSPS) is 21.6. The number of sulfonamides is 1. The summed E-state index contributed by atoms with van der Waals surface area (Å²) in [5.74, 6) is -0.360. The number of rotatable bonds is 4. The van der Waals surface area contributed by atoms with Crippen molar-refractivity contribution >= 4 is 21.6 Å². The molecule has 1 amide bonds. The summed E-state index contributed by atoms with van der Waals surface area (Å²) in [6, 6.07) is 7.81. The van der Waals surface area contributed by atoms with E-state index in [2.05, 4.69) is 10.0 Å². The molecule has 3 rings (SSSR count). The summed E-state index contributed by atoms with van der Waals surface area (Å²) in [5.41, 5.74) is 2.12. The molecule has 19 heavy (non-hydrogen) atoms. The molecule has 1 aliphatic carbocycles. The fourth-order valence-electron chi connectivity index (χ4n) is 2.43. The van der Waals surface area contributed by atoms with Crippen LogP contribution in [0.3, 0.4) is 0 Å². The van der Waals surface area contributed by atoms with Gasteiger partial charge in [0.1, 0.15) is 0 Å². The minimum absolute atomic E-state index is 0.0469. The zero-order chi connectivity index (χ0) is 13.5. The molecule has 0 aromatic heterocycles. The molecule has 0 bridgehead atoms. The van der Waals surface area contributed by atoms with E-state index in [1.54, 1.807) is 0 Å². The second-order valence-electron chi connectivity index (χ2n) is 5.14. The minimum Gasteiger partial charge on any atom is -0.384 e. The van der Waals surface area contributed by atoms with Crippen molar-refractivity contribution in [3.63, 3.8) is 0 Å². The number of hydrogen-bond donors (Lipinski definition) is 2. The Hall–Kier alpha value is -1.56. The third-order valence-corrected chi connectivity index (χ3v) is 5.45. The van der Waals surface area contributed by atoms with Crippen molar-refractivity contribution in [2.24, 2.45) is 0 Å². The number of fused-ring (bicyclic) bond motifs is 1. The predicted octanol–water partition coefficient (Wildman–Crippen LogP) is 1.19. The van der Waals surface area contributed by atoms with Gasteiger partial charge in [0.25, 0.3) is 0 Å². The van der Waals surface area contributed by atoms with Gasteiger partial charge in [-0.3, -0.25) is 9.52 Å². The van der Waals surface area contributed by atoms with Gasteiger partial charge in [0.05, 0.1) is 5.25 Å². The molecule has 1 aromatic carbocycles. The van der Waals surface area contributed by atoms with Crippen molar-refractivity contribution < 1.29 is 13.2 Å². The predicted molar refractivity (Wildman–Crippen MR) is 72.4 cm³/mol. The average molecular weight is 280 g/mol. The maximum Gasteiger partial charge on any atom is 0.237 e. The molecule has 6 heteroatoms. The van der Waals surface area contributed by atoms with Gasteiger partial charge in [0.2, 0.25) is 15.9 Å². The highest BCUT2D eigenvalue weighted by molar-refractivity contribution is 7.90. The van der Waals surface area contributed by atoms with Crippen molar-refractivity contribution in [3.05, 3.63) is 29.8 Å². The average Bonchev–Trinajstić information content (AvgIpc) is 3.14. The number of para-hydroxylation sites is 1. The van der Waals surface area contributed by atoms with Gasteiger partial charge in [-0.15, -0.1) is 0 Å². The van der Waals surface area contributed by atoms with Gasteiger partial charge < -0.3 is 5.32 Å². The Bertz CT molecular complexity index is 608. The lowest BCUT2D eigenvalue weighted by Gasteiger charge is -2.10. The first kappa shape index (κ1) is 12.5. The molecule has 102 valence electrons. The Morgan fingerprint density at radius 1 is 1.32 bits per heavy atom. The van der Waals surface area contributed by atoms with E-state index >= 15 is 0 Å². The molecule has 2 aliphatic rings. The van der Waals surface area contributed by atoms with E-state index in [0.717, 1.165) is 11.3 Å². The van der Waals surface area contributed by atoms with Crippen molar-refractivity contribution in [3.8, 4) is 0 Å². The first-order chi connectivity index (χ1) is 9.06. The standard InChI is InChI=1S/C13H16N2O3S/c16-13(15-19(17,18)10-5-6-10)7-9-8-14-12-4-2-1-3-11(9)12/h1-4,9-10,14H,5-8H2,(H,15,16). The smallest absolute Gasteiger partial charge is 0.237 e. The molecule has 1 atom stereocenters. The Balaban J connectivity index is 1.65. The van der Waals surface area contributed by atoms with Crippen LogP contribution in [0.4, 0.5) is 5.69 Å². The van der Waals surface area contributed by atoms with Crippen molar-refractivity contribution in [2.75, 3.05) is 11.9 Å². The minimum atomic E-state index is -3.43. The molecule has 1 unspecified atom stereocenters. The number of benzene rings is 1. The van der Waals surface area contributed by atoms with Crippen LogP contribution in [0.2, 0.25) is 0 Å². The molecule has 1 saturated carbocycles. The highest BCUT2D eigenvalue weighted by atomic mass is 32.2. The quantitative estimate of drug-likeness (QED) is 0.869. The highest BCUT2D eigenvalue weighted by Gasteiger charge is 2.37. The first-order valence-corrected chi connectivity index (χ1v) is 7.98.